The van der Waals surface area contributed by atoms with E-state index < -0.39 is 0 Å². The van der Waals surface area contributed by atoms with Crippen LogP contribution in [0.25, 0.3) is 0 Å². The standard InChI is InChI=1S/C14H14N2O3/c1-9(17)12-6-7-13(16-12)14(18)15-10-4-3-5-11(8-10)19-2/h3-8,16H,1-2H3,(H,15,18). The number of benzene rings is 1. The Labute approximate surface area is 110 Å². The zero-order valence-electron chi connectivity index (χ0n) is 10.7. The molecule has 0 radical (unpaired) electrons. The van der Waals surface area contributed by atoms with Crippen molar-refractivity contribution in [1.82, 2.24) is 4.98 Å². The Kier molecular flexibility index (Phi) is 3.66. The number of carbonyl (C=O) groups excluding carboxylic acids is 2. The average Bonchev–Trinajstić information content (AvgIpc) is 2.89. The zero-order valence-corrected chi connectivity index (χ0v) is 10.7. The summed E-state index contributed by atoms with van der Waals surface area (Å²) in [5.41, 5.74) is 1.38. The number of nitrogens with one attached hydrogen (secondary N) is 2. The van der Waals surface area contributed by atoms with E-state index in [1.807, 2.05) is 0 Å². The molecule has 0 atom stereocenters. The maximum Gasteiger partial charge on any atom is 0.272 e. The molecule has 1 aromatic carbocycles. The van der Waals surface area contributed by atoms with Gasteiger partial charge in [0, 0.05) is 18.7 Å². The number of anilines is 1. The van der Waals surface area contributed by atoms with E-state index in [1.165, 1.54) is 6.92 Å². The highest BCUT2D eigenvalue weighted by Crippen LogP contribution is 2.17. The molecule has 0 fully saturated rings. The highest BCUT2D eigenvalue weighted by molar-refractivity contribution is 6.04. The summed E-state index contributed by atoms with van der Waals surface area (Å²) >= 11 is 0. The fourth-order valence-electron chi connectivity index (χ4n) is 1.63. The average molecular weight is 258 g/mol. The Hall–Kier alpha value is -2.56. The molecule has 0 aliphatic heterocycles. The van der Waals surface area contributed by atoms with E-state index in [2.05, 4.69) is 10.3 Å². The van der Waals surface area contributed by atoms with Crippen LogP contribution in [0.5, 0.6) is 5.75 Å². The molecule has 0 saturated heterocycles. The zero-order chi connectivity index (χ0) is 13.8. The summed E-state index contributed by atoms with van der Waals surface area (Å²) < 4.78 is 5.07. The molecule has 19 heavy (non-hydrogen) atoms. The fourth-order valence-corrected chi connectivity index (χ4v) is 1.63. The van der Waals surface area contributed by atoms with Crippen LogP contribution in [0.2, 0.25) is 0 Å². The van der Waals surface area contributed by atoms with Crippen LogP contribution in [0.3, 0.4) is 0 Å². The van der Waals surface area contributed by atoms with Crippen molar-refractivity contribution < 1.29 is 14.3 Å². The number of aromatic amines is 1. The summed E-state index contributed by atoms with van der Waals surface area (Å²) in [7, 11) is 1.56. The van der Waals surface area contributed by atoms with Crippen molar-refractivity contribution in [1.29, 1.82) is 0 Å². The van der Waals surface area contributed by atoms with Gasteiger partial charge in [-0.25, -0.2) is 0 Å². The predicted molar refractivity (Wildman–Crippen MR) is 71.7 cm³/mol. The maximum atomic E-state index is 12.0. The number of ketones is 1. The third-order valence-corrected chi connectivity index (χ3v) is 2.64. The van der Waals surface area contributed by atoms with Gasteiger partial charge in [0.05, 0.1) is 12.8 Å². The molecule has 1 heterocycles. The minimum atomic E-state index is -0.305. The molecular weight excluding hydrogens is 244 g/mol. The van der Waals surface area contributed by atoms with Gasteiger partial charge in [0.1, 0.15) is 11.4 Å². The van der Waals surface area contributed by atoms with Crippen molar-refractivity contribution in [2.24, 2.45) is 0 Å². The smallest absolute Gasteiger partial charge is 0.272 e. The summed E-state index contributed by atoms with van der Waals surface area (Å²) in [6, 6.07) is 10.2. The summed E-state index contributed by atoms with van der Waals surface area (Å²) in [6.07, 6.45) is 0. The molecule has 0 unspecified atom stereocenters. The second-order valence-electron chi connectivity index (χ2n) is 4.03. The van der Waals surface area contributed by atoms with E-state index in [-0.39, 0.29) is 11.7 Å². The van der Waals surface area contributed by atoms with Crippen LogP contribution in [0, 0.1) is 0 Å². The number of rotatable bonds is 4. The first-order chi connectivity index (χ1) is 9.10. The van der Waals surface area contributed by atoms with Crippen LogP contribution >= 0.6 is 0 Å². The molecule has 2 aromatic rings. The maximum absolute atomic E-state index is 12.0. The molecule has 0 aliphatic carbocycles. The van der Waals surface area contributed by atoms with Crippen LogP contribution in [-0.2, 0) is 0 Å². The number of hydrogen-bond donors (Lipinski definition) is 2. The molecular formula is C14H14N2O3. The molecule has 98 valence electrons. The lowest BCUT2D eigenvalue weighted by Gasteiger charge is -2.05. The SMILES string of the molecule is COc1cccc(NC(=O)c2ccc(C(C)=O)[nH]2)c1. The van der Waals surface area contributed by atoms with Gasteiger partial charge in [0.15, 0.2) is 5.78 Å². The quantitative estimate of drug-likeness (QED) is 0.827. The highest BCUT2D eigenvalue weighted by Gasteiger charge is 2.10. The van der Waals surface area contributed by atoms with Crippen molar-refractivity contribution in [3.05, 3.63) is 47.8 Å². The third-order valence-electron chi connectivity index (χ3n) is 2.64. The Morgan fingerprint density at radius 2 is 1.89 bits per heavy atom. The van der Waals surface area contributed by atoms with Gasteiger partial charge in [0.25, 0.3) is 5.91 Å². The first-order valence-corrected chi connectivity index (χ1v) is 5.75. The second-order valence-corrected chi connectivity index (χ2v) is 4.03. The lowest BCUT2D eigenvalue weighted by atomic mass is 10.3. The number of methoxy groups -OCH3 is 1. The van der Waals surface area contributed by atoms with Crippen molar-refractivity contribution in [2.75, 3.05) is 12.4 Å². The summed E-state index contributed by atoms with van der Waals surface area (Å²) in [5.74, 6) is 0.245. The largest absolute Gasteiger partial charge is 0.497 e. The van der Waals surface area contributed by atoms with Crippen molar-refractivity contribution in [2.45, 2.75) is 6.92 Å². The molecule has 5 nitrogen and oxygen atoms in total. The number of carbonyl (C=O) groups is 2. The van der Waals surface area contributed by atoms with E-state index in [0.29, 0.717) is 22.8 Å². The molecule has 0 aliphatic rings. The van der Waals surface area contributed by atoms with Crippen LogP contribution in [0.4, 0.5) is 5.69 Å². The van der Waals surface area contributed by atoms with Gasteiger partial charge in [-0.1, -0.05) is 6.07 Å². The van der Waals surface area contributed by atoms with Gasteiger partial charge in [-0.3, -0.25) is 9.59 Å². The Balaban J connectivity index is 2.13. The van der Waals surface area contributed by atoms with Gasteiger partial charge in [-0.15, -0.1) is 0 Å². The molecule has 1 amide bonds. The highest BCUT2D eigenvalue weighted by atomic mass is 16.5. The van der Waals surface area contributed by atoms with Gasteiger partial charge in [0.2, 0.25) is 0 Å². The lowest BCUT2D eigenvalue weighted by Crippen LogP contribution is -2.12. The number of Topliss-reactive ketones (excluding diaryl/α,β-unsaturated/α-hetero) is 1. The molecule has 1 aromatic heterocycles. The second kappa shape index (κ2) is 5.39. The Bertz CT molecular complexity index is 617. The number of amides is 1. The van der Waals surface area contributed by atoms with Crippen LogP contribution < -0.4 is 10.1 Å². The van der Waals surface area contributed by atoms with Gasteiger partial charge >= 0.3 is 0 Å². The number of hydrogen-bond acceptors (Lipinski definition) is 3. The molecule has 0 bridgehead atoms. The Morgan fingerprint density at radius 3 is 2.53 bits per heavy atom. The van der Waals surface area contributed by atoms with Gasteiger partial charge in [-0.05, 0) is 24.3 Å². The van der Waals surface area contributed by atoms with E-state index in [9.17, 15) is 9.59 Å². The minimum Gasteiger partial charge on any atom is -0.497 e. The lowest BCUT2D eigenvalue weighted by molar-refractivity contribution is 0.101. The van der Waals surface area contributed by atoms with E-state index in [1.54, 1.807) is 43.5 Å². The molecule has 0 saturated carbocycles. The summed E-state index contributed by atoms with van der Waals surface area (Å²) in [4.78, 5) is 25.9. The first-order valence-electron chi connectivity index (χ1n) is 5.75. The van der Waals surface area contributed by atoms with Crippen molar-refractivity contribution in [3.8, 4) is 5.75 Å². The molecule has 2 N–H and O–H groups in total. The number of aromatic nitrogens is 1. The van der Waals surface area contributed by atoms with Crippen molar-refractivity contribution in [3.63, 3.8) is 0 Å². The first kappa shape index (κ1) is 12.9. The van der Waals surface area contributed by atoms with E-state index in [4.69, 9.17) is 4.74 Å². The summed E-state index contributed by atoms with van der Waals surface area (Å²) in [5, 5.41) is 2.72. The Morgan fingerprint density at radius 1 is 1.16 bits per heavy atom. The predicted octanol–water partition coefficient (Wildman–Crippen LogP) is 2.48. The molecule has 5 heteroatoms. The topological polar surface area (TPSA) is 71.2 Å². The molecule has 0 spiro atoms. The number of ether oxygens (including phenoxy) is 1. The molecule has 2 rings (SSSR count). The summed E-state index contributed by atoms with van der Waals surface area (Å²) in [6.45, 7) is 1.44. The van der Waals surface area contributed by atoms with Gasteiger partial charge < -0.3 is 15.0 Å². The van der Waals surface area contributed by atoms with Crippen LogP contribution in [-0.4, -0.2) is 23.8 Å². The van der Waals surface area contributed by atoms with Crippen LogP contribution in [0.15, 0.2) is 36.4 Å². The fraction of sp³-hybridized carbons (Fsp3) is 0.143. The van der Waals surface area contributed by atoms with E-state index >= 15 is 0 Å². The van der Waals surface area contributed by atoms with Gasteiger partial charge in [-0.2, -0.15) is 0 Å². The normalized spacial score (nSPS) is 10.0. The third kappa shape index (κ3) is 3.01. The monoisotopic (exact) mass is 258 g/mol. The van der Waals surface area contributed by atoms with E-state index in [0.717, 1.165) is 0 Å². The van der Waals surface area contributed by atoms with Crippen LogP contribution in [0.1, 0.15) is 27.9 Å². The number of H-pyrrole nitrogens is 1. The minimum absolute atomic E-state index is 0.111. The van der Waals surface area contributed by atoms with Crippen molar-refractivity contribution >= 4 is 17.4 Å².